The van der Waals surface area contributed by atoms with Gasteiger partial charge in [-0.2, -0.15) is 0 Å². The molecule has 176 valence electrons. The molecule has 7 heteroatoms. The van der Waals surface area contributed by atoms with Gasteiger partial charge in [0.15, 0.2) is 4.80 Å². The number of rotatable bonds is 6. The van der Waals surface area contributed by atoms with Gasteiger partial charge >= 0.3 is 5.97 Å². The summed E-state index contributed by atoms with van der Waals surface area (Å²) in [7, 11) is 0. The van der Waals surface area contributed by atoms with Gasteiger partial charge < -0.3 is 4.74 Å². The lowest BCUT2D eigenvalue weighted by Crippen LogP contribution is -2.39. The minimum Gasteiger partial charge on any atom is -0.463 e. The van der Waals surface area contributed by atoms with Gasteiger partial charge in [-0.15, -0.1) is 11.8 Å². The van der Waals surface area contributed by atoms with Crippen LogP contribution in [0, 0.1) is 0 Å². The fraction of sp³-hybridized carbons (Fsp3) is 0.296. The first kappa shape index (κ1) is 24.2. The van der Waals surface area contributed by atoms with Crippen molar-refractivity contribution < 1.29 is 9.53 Å². The Hall–Kier alpha value is -2.90. The predicted octanol–water partition coefficient (Wildman–Crippen LogP) is 4.64. The average molecular weight is 493 g/mol. The molecule has 0 saturated carbocycles. The lowest BCUT2D eigenvalue weighted by Gasteiger charge is -2.24. The van der Waals surface area contributed by atoms with Crippen molar-refractivity contribution in [2.45, 2.75) is 44.6 Å². The molecule has 0 spiro atoms. The minimum atomic E-state index is -0.586. The Balaban J connectivity index is 1.89. The maximum Gasteiger partial charge on any atom is 0.338 e. The van der Waals surface area contributed by atoms with E-state index >= 15 is 0 Å². The Bertz CT molecular complexity index is 1410. The molecule has 0 fully saturated rings. The third kappa shape index (κ3) is 4.68. The number of allylic oxidation sites excluding steroid dienone is 1. The maximum atomic E-state index is 13.6. The molecular formula is C27H28N2O3S2. The molecule has 34 heavy (non-hydrogen) atoms. The zero-order valence-corrected chi connectivity index (χ0v) is 21.6. The minimum absolute atomic E-state index is 0.162. The SMILES string of the molecule is CCOC(=O)C1=C(C)N=c2s/c(=C\c3ccc(C(C)C)cc3)c(=O)n2C1c1ccc(SC)cc1. The monoisotopic (exact) mass is 492 g/mol. The number of esters is 1. The van der Waals surface area contributed by atoms with Gasteiger partial charge in [-0.25, -0.2) is 9.79 Å². The first-order chi connectivity index (χ1) is 16.3. The number of aromatic nitrogens is 1. The van der Waals surface area contributed by atoms with Crippen LogP contribution in [0.15, 0.2) is 74.5 Å². The standard InChI is InChI=1S/C27H28N2O3S2/c1-6-32-26(31)23-17(4)28-27-29(24(23)20-11-13-21(33-5)14-12-20)25(30)22(34-27)15-18-7-9-19(10-8-18)16(2)3/h7-16,24H,6H2,1-5H3/b22-15-. The van der Waals surface area contributed by atoms with Crippen molar-refractivity contribution in [1.82, 2.24) is 4.57 Å². The average Bonchev–Trinajstić information content (AvgIpc) is 3.13. The van der Waals surface area contributed by atoms with Crippen molar-refractivity contribution >= 4 is 35.1 Å². The number of benzene rings is 2. The van der Waals surface area contributed by atoms with Crippen LogP contribution in [-0.4, -0.2) is 23.4 Å². The van der Waals surface area contributed by atoms with E-state index < -0.39 is 12.0 Å². The highest BCUT2D eigenvalue weighted by atomic mass is 32.2. The Morgan fingerprint density at radius 2 is 1.85 bits per heavy atom. The van der Waals surface area contributed by atoms with E-state index in [-0.39, 0.29) is 12.2 Å². The molecule has 0 N–H and O–H groups in total. The summed E-state index contributed by atoms with van der Waals surface area (Å²) in [4.78, 5) is 32.9. The van der Waals surface area contributed by atoms with Crippen LogP contribution in [0.3, 0.4) is 0 Å². The molecular weight excluding hydrogens is 464 g/mol. The molecule has 1 unspecified atom stereocenters. The predicted molar refractivity (Wildman–Crippen MR) is 139 cm³/mol. The number of hydrogen-bond donors (Lipinski definition) is 0. The van der Waals surface area contributed by atoms with Gasteiger partial charge in [0.2, 0.25) is 0 Å². The number of carbonyl (C=O) groups excluding carboxylic acids is 1. The summed E-state index contributed by atoms with van der Waals surface area (Å²) in [6.07, 6.45) is 3.91. The first-order valence-corrected chi connectivity index (χ1v) is 13.3. The topological polar surface area (TPSA) is 60.7 Å². The summed E-state index contributed by atoms with van der Waals surface area (Å²) in [5.74, 6) is 0.00220. The van der Waals surface area contributed by atoms with Gasteiger partial charge in [-0.1, -0.05) is 61.6 Å². The summed E-state index contributed by atoms with van der Waals surface area (Å²) < 4.78 is 7.57. The normalized spacial score (nSPS) is 15.9. The number of nitrogens with zero attached hydrogens (tertiary/aromatic N) is 2. The zero-order valence-electron chi connectivity index (χ0n) is 20.0. The van der Waals surface area contributed by atoms with Gasteiger partial charge in [0.25, 0.3) is 5.56 Å². The van der Waals surface area contributed by atoms with Crippen LogP contribution in [0.2, 0.25) is 0 Å². The number of thiazole rings is 1. The van der Waals surface area contributed by atoms with Gasteiger partial charge in [0, 0.05) is 4.90 Å². The van der Waals surface area contributed by atoms with Crippen LogP contribution >= 0.6 is 23.1 Å². The molecule has 0 amide bonds. The van der Waals surface area contributed by atoms with Gasteiger partial charge in [-0.3, -0.25) is 9.36 Å². The second kappa shape index (κ2) is 10.2. The highest BCUT2D eigenvalue weighted by Crippen LogP contribution is 2.31. The number of fused-ring (bicyclic) bond motifs is 1. The molecule has 1 atom stereocenters. The van der Waals surface area contributed by atoms with Crippen LogP contribution in [0.25, 0.3) is 6.08 Å². The molecule has 1 aliphatic heterocycles. The van der Waals surface area contributed by atoms with Crippen LogP contribution in [0.5, 0.6) is 0 Å². The fourth-order valence-electron chi connectivity index (χ4n) is 4.02. The third-order valence-corrected chi connectivity index (χ3v) is 7.58. The number of hydrogen-bond acceptors (Lipinski definition) is 6. The Morgan fingerprint density at radius 1 is 1.18 bits per heavy atom. The second-order valence-electron chi connectivity index (χ2n) is 8.40. The molecule has 4 rings (SSSR count). The summed E-state index contributed by atoms with van der Waals surface area (Å²) in [6, 6.07) is 15.6. The largest absolute Gasteiger partial charge is 0.463 e. The summed E-state index contributed by atoms with van der Waals surface area (Å²) in [6.45, 7) is 8.14. The van der Waals surface area contributed by atoms with Crippen molar-refractivity contribution in [2.75, 3.05) is 12.9 Å². The number of carbonyl (C=O) groups is 1. The van der Waals surface area contributed by atoms with E-state index in [1.54, 1.807) is 30.2 Å². The quantitative estimate of drug-likeness (QED) is 0.371. The molecule has 2 aromatic carbocycles. The van der Waals surface area contributed by atoms with E-state index in [4.69, 9.17) is 4.74 Å². The zero-order chi connectivity index (χ0) is 24.4. The molecule has 5 nitrogen and oxygen atoms in total. The fourth-order valence-corrected chi connectivity index (χ4v) is 5.48. The van der Waals surface area contributed by atoms with Crippen molar-refractivity contribution in [1.29, 1.82) is 0 Å². The molecule has 0 aliphatic carbocycles. The van der Waals surface area contributed by atoms with E-state index in [1.807, 2.05) is 48.7 Å². The number of ether oxygens (including phenoxy) is 1. The van der Waals surface area contributed by atoms with Crippen molar-refractivity contribution in [3.8, 4) is 0 Å². The van der Waals surface area contributed by atoms with E-state index in [0.29, 0.717) is 26.5 Å². The van der Waals surface area contributed by atoms with Crippen molar-refractivity contribution in [3.63, 3.8) is 0 Å². The van der Waals surface area contributed by atoms with E-state index in [9.17, 15) is 9.59 Å². The Morgan fingerprint density at radius 3 is 2.44 bits per heavy atom. The Kier molecular flexibility index (Phi) is 7.24. The molecule has 1 aliphatic rings. The van der Waals surface area contributed by atoms with Crippen LogP contribution in [0.1, 0.15) is 56.3 Å². The van der Waals surface area contributed by atoms with Crippen LogP contribution in [0.4, 0.5) is 0 Å². The van der Waals surface area contributed by atoms with Gasteiger partial charge in [0.05, 0.1) is 28.5 Å². The second-order valence-corrected chi connectivity index (χ2v) is 10.3. The lowest BCUT2D eigenvalue weighted by molar-refractivity contribution is -0.139. The van der Waals surface area contributed by atoms with Crippen LogP contribution in [-0.2, 0) is 9.53 Å². The third-order valence-electron chi connectivity index (χ3n) is 5.85. The first-order valence-electron chi connectivity index (χ1n) is 11.3. The molecule has 0 radical (unpaired) electrons. The van der Waals surface area contributed by atoms with E-state index in [0.717, 1.165) is 16.0 Å². The smallest absolute Gasteiger partial charge is 0.338 e. The summed E-state index contributed by atoms with van der Waals surface area (Å²) >= 11 is 2.99. The highest BCUT2D eigenvalue weighted by molar-refractivity contribution is 7.98. The molecule has 0 saturated heterocycles. The summed E-state index contributed by atoms with van der Waals surface area (Å²) in [5.41, 5.74) is 3.87. The van der Waals surface area contributed by atoms with Crippen LogP contribution < -0.4 is 14.9 Å². The number of thioether (sulfide) groups is 1. The molecule has 0 bridgehead atoms. The van der Waals surface area contributed by atoms with Crippen molar-refractivity contribution in [3.05, 3.63) is 96.2 Å². The van der Waals surface area contributed by atoms with E-state index in [2.05, 4.69) is 31.0 Å². The van der Waals surface area contributed by atoms with Crippen molar-refractivity contribution in [2.24, 2.45) is 4.99 Å². The highest BCUT2D eigenvalue weighted by Gasteiger charge is 2.33. The lowest BCUT2D eigenvalue weighted by atomic mass is 9.96. The maximum absolute atomic E-state index is 13.6. The summed E-state index contributed by atoms with van der Waals surface area (Å²) in [5, 5.41) is 0. The molecule has 1 aromatic heterocycles. The van der Waals surface area contributed by atoms with E-state index in [1.165, 1.54) is 16.9 Å². The Labute approximate surface area is 207 Å². The van der Waals surface area contributed by atoms with Gasteiger partial charge in [-0.05, 0) is 60.9 Å². The van der Waals surface area contributed by atoms with Gasteiger partial charge in [0.1, 0.15) is 0 Å². The molecule has 2 heterocycles. The molecule has 3 aromatic rings.